The molecule has 6 unspecified atom stereocenters. The number of carbonyl (C=O) groups excluding carboxylic acids is 2. The van der Waals surface area contributed by atoms with Gasteiger partial charge in [0.2, 0.25) is 0 Å². The Morgan fingerprint density at radius 3 is 1.75 bits per heavy atom. The van der Waals surface area contributed by atoms with Crippen LogP contribution in [0.2, 0.25) is 0 Å². The zero-order valence-corrected chi connectivity index (χ0v) is 24.8. The molecule has 0 radical (unpaired) electrons. The predicted octanol–water partition coefficient (Wildman–Crippen LogP) is 3.93. The van der Waals surface area contributed by atoms with E-state index in [4.69, 9.17) is 18.9 Å². The monoisotopic (exact) mass is 576 g/mol. The predicted molar refractivity (Wildman–Crippen MR) is 150 cm³/mol. The van der Waals surface area contributed by atoms with E-state index in [2.05, 4.69) is 6.92 Å². The van der Waals surface area contributed by atoms with Gasteiger partial charge >= 0.3 is 11.9 Å². The lowest BCUT2D eigenvalue weighted by atomic mass is 9.99. The molecule has 0 spiro atoms. The zero-order chi connectivity index (χ0) is 29.6. The number of aliphatic hydroxyl groups excluding tert-OH is 4. The van der Waals surface area contributed by atoms with Crippen LogP contribution < -0.4 is 0 Å². The summed E-state index contributed by atoms with van der Waals surface area (Å²) in [5.41, 5.74) is 0. The summed E-state index contributed by atoms with van der Waals surface area (Å²) in [6.45, 7) is 3.19. The number of aliphatic hydroxyl groups is 4. The first-order valence-electron chi connectivity index (χ1n) is 15.6. The van der Waals surface area contributed by atoms with Crippen LogP contribution in [0.25, 0.3) is 0 Å². The van der Waals surface area contributed by atoms with Crippen LogP contribution in [0.5, 0.6) is 0 Å². The molecule has 40 heavy (non-hydrogen) atoms. The van der Waals surface area contributed by atoms with E-state index in [-0.39, 0.29) is 26.1 Å². The summed E-state index contributed by atoms with van der Waals surface area (Å²) in [5.74, 6) is -0.834. The van der Waals surface area contributed by atoms with E-state index < -0.39 is 55.4 Å². The van der Waals surface area contributed by atoms with Crippen molar-refractivity contribution in [1.29, 1.82) is 0 Å². The molecule has 0 aromatic heterocycles. The SMILES string of the molecule is CCCCCCCCCCCCCCC(=O)OC(COC(=O)CCCCC)COC1OC(CO)C(O)C(O)C1O. The Bertz CT molecular complexity index is 644. The van der Waals surface area contributed by atoms with Crippen molar-refractivity contribution in [2.75, 3.05) is 19.8 Å². The summed E-state index contributed by atoms with van der Waals surface area (Å²) in [7, 11) is 0. The van der Waals surface area contributed by atoms with Crippen molar-refractivity contribution in [2.45, 2.75) is 160 Å². The quantitative estimate of drug-likeness (QED) is 0.0982. The number of rotatable bonds is 24. The van der Waals surface area contributed by atoms with E-state index in [1.165, 1.54) is 51.4 Å². The molecule has 1 saturated heterocycles. The van der Waals surface area contributed by atoms with Crippen LogP contribution >= 0.6 is 0 Å². The maximum atomic E-state index is 12.5. The maximum Gasteiger partial charge on any atom is 0.306 e. The summed E-state index contributed by atoms with van der Waals surface area (Å²) < 4.78 is 21.7. The minimum Gasteiger partial charge on any atom is -0.462 e. The summed E-state index contributed by atoms with van der Waals surface area (Å²) >= 11 is 0. The fraction of sp³-hybridized carbons (Fsp3) is 0.933. The molecule has 6 atom stereocenters. The van der Waals surface area contributed by atoms with Crippen molar-refractivity contribution in [3.8, 4) is 0 Å². The van der Waals surface area contributed by atoms with Gasteiger partial charge in [0.05, 0.1) is 13.2 Å². The van der Waals surface area contributed by atoms with Gasteiger partial charge in [0.25, 0.3) is 0 Å². The van der Waals surface area contributed by atoms with Gasteiger partial charge in [-0.3, -0.25) is 9.59 Å². The topological polar surface area (TPSA) is 152 Å². The fourth-order valence-electron chi connectivity index (χ4n) is 4.66. The highest BCUT2D eigenvalue weighted by Gasteiger charge is 2.44. The molecule has 1 rings (SSSR count). The molecule has 4 N–H and O–H groups in total. The van der Waals surface area contributed by atoms with Crippen molar-refractivity contribution >= 4 is 11.9 Å². The third-order valence-electron chi connectivity index (χ3n) is 7.24. The van der Waals surface area contributed by atoms with Gasteiger partial charge in [0.15, 0.2) is 12.4 Å². The van der Waals surface area contributed by atoms with E-state index in [9.17, 15) is 30.0 Å². The molecule has 10 heteroatoms. The third kappa shape index (κ3) is 16.2. The summed E-state index contributed by atoms with van der Waals surface area (Å²) in [6.07, 6.45) is 9.25. The normalized spacial score (nSPS) is 23.6. The van der Waals surface area contributed by atoms with Crippen molar-refractivity contribution in [3.05, 3.63) is 0 Å². The second kappa shape index (κ2) is 23.3. The Hall–Kier alpha value is -1.30. The zero-order valence-electron chi connectivity index (χ0n) is 24.8. The Morgan fingerprint density at radius 2 is 1.18 bits per heavy atom. The van der Waals surface area contributed by atoms with Crippen LogP contribution in [0.1, 0.15) is 123 Å². The van der Waals surface area contributed by atoms with Crippen molar-refractivity contribution in [1.82, 2.24) is 0 Å². The largest absolute Gasteiger partial charge is 0.462 e. The van der Waals surface area contributed by atoms with Crippen molar-refractivity contribution < 1.29 is 49.0 Å². The number of esters is 2. The Morgan fingerprint density at radius 1 is 0.675 bits per heavy atom. The fourth-order valence-corrected chi connectivity index (χ4v) is 4.66. The van der Waals surface area contributed by atoms with Crippen LogP contribution in [0.15, 0.2) is 0 Å². The second-order valence-electron chi connectivity index (χ2n) is 10.9. The van der Waals surface area contributed by atoms with Crippen LogP contribution in [0.3, 0.4) is 0 Å². The van der Waals surface area contributed by atoms with E-state index in [1.54, 1.807) is 0 Å². The van der Waals surface area contributed by atoms with Crippen LogP contribution in [-0.2, 0) is 28.5 Å². The third-order valence-corrected chi connectivity index (χ3v) is 7.24. The highest BCUT2D eigenvalue weighted by Crippen LogP contribution is 2.22. The molecule has 236 valence electrons. The Kier molecular flexibility index (Phi) is 21.4. The van der Waals surface area contributed by atoms with E-state index >= 15 is 0 Å². The standard InChI is InChI=1S/C30H56O10/c1-3-5-7-8-9-10-11-12-13-14-15-17-19-26(33)39-23(21-37-25(32)18-16-6-4-2)22-38-30-29(36)28(35)27(34)24(20-31)40-30/h23-24,27-31,34-36H,3-22H2,1-2H3. The summed E-state index contributed by atoms with van der Waals surface area (Å²) in [4.78, 5) is 24.6. The van der Waals surface area contributed by atoms with Crippen LogP contribution in [0, 0.1) is 0 Å². The van der Waals surface area contributed by atoms with Crippen molar-refractivity contribution in [2.24, 2.45) is 0 Å². The minimum absolute atomic E-state index is 0.216. The van der Waals surface area contributed by atoms with Crippen LogP contribution in [-0.4, -0.2) is 89.0 Å². The number of carbonyl (C=O) groups is 2. The number of ether oxygens (including phenoxy) is 4. The lowest BCUT2D eigenvalue weighted by molar-refractivity contribution is -0.305. The van der Waals surface area contributed by atoms with Crippen LogP contribution in [0.4, 0.5) is 0 Å². The summed E-state index contributed by atoms with van der Waals surface area (Å²) in [6, 6.07) is 0. The molecule has 0 aromatic carbocycles. The summed E-state index contributed by atoms with van der Waals surface area (Å²) in [5, 5.41) is 39.5. The number of hydrogen-bond donors (Lipinski definition) is 4. The van der Waals surface area contributed by atoms with E-state index in [0.29, 0.717) is 12.8 Å². The number of unbranched alkanes of at least 4 members (excludes halogenated alkanes) is 13. The lowest BCUT2D eigenvalue weighted by Crippen LogP contribution is -2.59. The molecule has 0 bridgehead atoms. The van der Waals surface area contributed by atoms with Gasteiger partial charge in [-0.05, 0) is 12.8 Å². The van der Waals surface area contributed by atoms with Gasteiger partial charge in [-0.25, -0.2) is 0 Å². The minimum atomic E-state index is -1.58. The average molecular weight is 577 g/mol. The molecular formula is C30H56O10. The molecular weight excluding hydrogens is 520 g/mol. The van der Waals surface area contributed by atoms with E-state index in [0.717, 1.165) is 32.1 Å². The Balaban J connectivity index is 2.41. The molecule has 0 saturated carbocycles. The van der Waals surface area contributed by atoms with Gasteiger partial charge in [0, 0.05) is 12.8 Å². The van der Waals surface area contributed by atoms with Crippen molar-refractivity contribution in [3.63, 3.8) is 0 Å². The van der Waals surface area contributed by atoms with E-state index in [1.807, 2.05) is 6.92 Å². The smallest absolute Gasteiger partial charge is 0.306 e. The molecule has 10 nitrogen and oxygen atoms in total. The Labute approximate surface area is 240 Å². The molecule has 1 fully saturated rings. The highest BCUT2D eigenvalue weighted by molar-refractivity contribution is 5.70. The maximum absolute atomic E-state index is 12.5. The highest BCUT2D eigenvalue weighted by atomic mass is 16.7. The average Bonchev–Trinajstić information content (AvgIpc) is 2.94. The molecule has 0 amide bonds. The van der Waals surface area contributed by atoms with Gasteiger partial charge < -0.3 is 39.4 Å². The first-order chi connectivity index (χ1) is 19.3. The van der Waals surface area contributed by atoms with Gasteiger partial charge in [-0.1, -0.05) is 97.3 Å². The first kappa shape index (κ1) is 36.7. The lowest BCUT2D eigenvalue weighted by Gasteiger charge is -2.39. The molecule has 1 aliphatic rings. The first-order valence-corrected chi connectivity index (χ1v) is 15.6. The molecule has 0 aromatic rings. The number of hydrogen-bond acceptors (Lipinski definition) is 10. The molecule has 0 aliphatic carbocycles. The molecule has 1 heterocycles. The van der Waals surface area contributed by atoms with Gasteiger partial charge in [-0.15, -0.1) is 0 Å². The van der Waals surface area contributed by atoms with Gasteiger partial charge in [-0.2, -0.15) is 0 Å². The molecule has 1 aliphatic heterocycles. The van der Waals surface area contributed by atoms with Gasteiger partial charge in [0.1, 0.15) is 31.0 Å². The second-order valence-corrected chi connectivity index (χ2v) is 10.9.